The Morgan fingerprint density at radius 3 is 2.57 bits per heavy atom. The fraction of sp³-hybridized carbons (Fsp3) is 0.381. The number of hydrogen-bond acceptors (Lipinski definition) is 6. The number of carbonyl (C=O) groups is 1. The van der Waals surface area contributed by atoms with Crippen molar-refractivity contribution in [2.75, 3.05) is 45.1 Å². The molecule has 0 aliphatic carbocycles. The standard InChI is InChI=1S/C21H24FN5O2S/c1-14-3-5-15(6-4-14)27-20(28)17-16(13-30-19(17)23)18(24-27)21(29)26-11-9-25(10-12-26)8-2-7-22/h3-6,13H,2,7-12,23H2,1H3. The molecule has 0 spiro atoms. The van der Waals surface area contributed by atoms with Gasteiger partial charge in [-0.1, -0.05) is 17.7 Å². The number of halogens is 1. The molecule has 1 saturated heterocycles. The lowest BCUT2D eigenvalue weighted by atomic mass is 10.2. The molecule has 30 heavy (non-hydrogen) atoms. The van der Waals surface area contributed by atoms with E-state index in [0.717, 1.165) is 5.56 Å². The third kappa shape index (κ3) is 3.82. The fourth-order valence-corrected chi connectivity index (χ4v) is 4.49. The van der Waals surface area contributed by atoms with Crippen LogP contribution >= 0.6 is 11.3 Å². The number of nitrogens with two attached hydrogens (primary N) is 1. The Labute approximate surface area is 177 Å². The van der Waals surface area contributed by atoms with E-state index in [0.29, 0.717) is 60.6 Å². The number of anilines is 1. The van der Waals surface area contributed by atoms with E-state index in [4.69, 9.17) is 5.73 Å². The number of thiophene rings is 1. The number of carbonyl (C=O) groups excluding carboxylic acids is 1. The van der Waals surface area contributed by atoms with E-state index in [1.54, 1.807) is 22.4 Å². The Hall–Kier alpha value is -2.78. The van der Waals surface area contributed by atoms with E-state index in [-0.39, 0.29) is 23.8 Å². The number of amides is 1. The van der Waals surface area contributed by atoms with Crippen LogP contribution in [0.2, 0.25) is 0 Å². The lowest BCUT2D eigenvalue weighted by Crippen LogP contribution is -2.49. The summed E-state index contributed by atoms with van der Waals surface area (Å²) in [5, 5.41) is 7.39. The molecule has 1 aliphatic heterocycles. The van der Waals surface area contributed by atoms with Crippen molar-refractivity contribution >= 4 is 33.0 Å². The summed E-state index contributed by atoms with van der Waals surface area (Å²) in [6, 6.07) is 7.39. The maximum Gasteiger partial charge on any atom is 0.282 e. The minimum atomic E-state index is -0.333. The summed E-state index contributed by atoms with van der Waals surface area (Å²) in [4.78, 5) is 30.3. The lowest BCUT2D eigenvalue weighted by molar-refractivity contribution is 0.0628. The maximum absolute atomic E-state index is 13.3. The van der Waals surface area contributed by atoms with Crippen molar-refractivity contribution in [3.8, 4) is 5.69 Å². The molecular formula is C21H24FN5O2S. The number of aryl methyl sites for hydroxylation is 1. The number of benzene rings is 1. The molecule has 0 bridgehead atoms. The van der Waals surface area contributed by atoms with E-state index >= 15 is 0 Å². The number of aromatic nitrogens is 2. The normalized spacial score (nSPS) is 15.1. The third-order valence-electron chi connectivity index (χ3n) is 5.43. The summed E-state index contributed by atoms with van der Waals surface area (Å²) < 4.78 is 13.7. The number of rotatable bonds is 5. The van der Waals surface area contributed by atoms with E-state index in [2.05, 4.69) is 10.00 Å². The number of nitrogens with zero attached hydrogens (tertiary/aromatic N) is 4. The highest BCUT2D eigenvalue weighted by molar-refractivity contribution is 7.15. The van der Waals surface area contributed by atoms with E-state index in [9.17, 15) is 14.0 Å². The predicted octanol–water partition coefficient (Wildman–Crippen LogP) is 2.46. The molecule has 0 unspecified atom stereocenters. The molecule has 1 fully saturated rings. The van der Waals surface area contributed by atoms with E-state index in [1.165, 1.54) is 16.0 Å². The number of alkyl halides is 1. The Balaban J connectivity index is 1.70. The highest BCUT2D eigenvalue weighted by Crippen LogP contribution is 2.28. The number of fused-ring (bicyclic) bond motifs is 1. The highest BCUT2D eigenvalue weighted by Gasteiger charge is 2.27. The second-order valence-corrected chi connectivity index (χ2v) is 8.38. The van der Waals surface area contributed by atoms with Crippen LogP contribution in [0.3, 0.4) is 0 Å². The van der Waals surface area contributed by atoms with Crippen LogP contribution < -0.4 is 11.3 Å². The fourth-order valence-electron chi connectivity index (χ4n) is 3.70. The first-order valence-corrected chi connectivity index (χ1v) is 10.8. The summed E-state index contributed by atoms with van der Waals surface area (Å²) in [7, 11) is 0. The Kier molecular flexibility index (Phi) is 5.83. The van der Waals surface area contributed by atoms with E-state index in [1.807, 2.05) is 19.1 Å². The minimum Gasteiger partial charge on any atom is -0.390 e. The molecule has 0 saturated carbocycles. The topological polar surface area (TPSA) is 84.5 Å². The van der Waals surface area contributed by atoms with Crippen LogP contribution in [-0.4, -0.2) is 64.9 Å². The molecule has 0 atom stereocenters. The Morgan fingerprint density at radius 1 is 1.20 bits per heavy atom. The van der Waals surface area contributed by atoms with Crippen molar-refractivity contribution in [1.82, 2.24) is 19.6 Å². The van der Waals surface area contributed by atoms with Crippen molar-refractivity contribution in [3.63, 3.8) is 0 Å². The second-order valence-electron chi connectivity index (χ2n) is 7.47. The second kappa shape index (κ2) is 8.53. The number of hydrogen-bond donors (Lipinski definition) is 1. The maximum atomic E-state index is 13.3. The lowest BCUT2D eigenvalue weighted by Gasteiger charge is -2.34. The number of nitrogen functional groups attached to an aromatic ring is 1. The largest absolute Gasteiger partial charge is 0.390 e. The van der Waals surface area contributed by atoms with Gasteiger partial charge in [-0.15, -0.1) is 11.3 Å². The molecule has 4 rings (SSSR count). The molecule has 2 aromatic heterocycles. The zero-order chi connectivity index (χ0) is 21.3. The van der Waals surface area contributed by atoms with Crippen LogP contribution in [0, 0.1) is 6.92 Å². The number of piperazine rings is 1. The molecule has 3 heterocycles. The van der Waals surface area contributed by atoms with Gasteiger partial charge < -0.3 is 10.6 Å². The van der Waals surface area contributed by atoms with Gasteiger partial charge >= 0.3 is 0 Å². The van der Waals surface area contributed by atoms with Crippen LogP contribution in [0.5, 0.6) is 0 Å². The van der Waals surface area contributed by atoms with Crippen LogP contribution in [0.15, 0.2) is 34.4 Å². The van der Waals surface area contributed by atoms with Gasteiger partial charge in [0.15, 0.2) is 5.69 Å². The highest BCUT2D eigenvalue weighted by atomic mass is 32.1. The van der Waals surface area contributed by atoms with Crippen LogP contribution in [0.1, 0.15) is 22.5 Å². The first-order chi connectivity index (χ1) is 14.5. The van der Waals surface area contributed by atoms with Crippen molar-refractivity contribution in [2.45, 2.75) is 13.3 Å². The SMILES string of the molecule is Cc1ccc(-n2nc(C(=O)N3CCN(CCCF)CC3)c3csc(N)c3c2=O)cc1. The van der Waals surface area contributed by atoms with Gasteiger partial charge in [0, 0.05) is 43.5 Å². The minimum absolute atomic E-state index is 0.219. The van der Waals surface area contributed by atoms with Gasteiger partial charge in [0.2, 0.25) is 0 Å². The molecule has 158 valence electrons. The van der Waals surface area contributed by atoms with Crippen LogP contribution in [0.25, 0.3) is 16.5 Å². The predicted molar refractivity (Wildman–Crippen MR) is 117 cm³/mol. The molecule has 9 heteroatoms. The summed E-state index contributed by atoms with van der Waals surface area (Å²) >= 11 is 1.24. The molecule has 1 aromatic carbocycles. The van der Waals surface area contributed by atoms with Gasteiger partial charge in [0.05, 0.1) is 22.7 Å². The molecule has 2 N–H and O–H groups in total. The van der Waals surface area contributed by atoms with Gasteiger partial charge in [-0.3, -0.25) is 18.9 Å². The molecule has 1 aliphatic rings. The molecular weight excluding hydrogens is 405 g/mol. The summed E-state index contributed by atoms with van der Waals surface area (Å²) in [5.41, 5.74) is 7.62. The van der Waals surface area contributed by atoms with Crippen LogP contribution in [-0.2, 0) is 0 Å². The summed E-state index contributed by atoms with van der Waals surface area (Å²) in [6.45, 7) is 4.79. The quantitative estimate of drug-likeness (QED) is 0.674. The van der Waals surface area contributed by atoms with Gasteiger partial charge in [-0.05, 0) is 25.5 Å². The van der Waals surface area contributed by atoms with Crippen LogP contribution in [0.4, 0.5) is 9.39 Å². The molecule has 0 radical (unpaired) electrons. The van der Waals surface area contributed by atoms with Crippen molar-refractivity contribution < 1.29 is 9.18 Å². The van der Waals surface area contributed by atoms with Gasteiger partial charge in [-0.2, -0.15) is 9.78 Å². The summed E-state index contributed by atoms with van der Waals surface area (Å²) in [5.74, 6) is -0.219. The smallest absolute Gasteiger partial charge is 0.282 e. The Bertz CT molecular complexity index is 1120. The first-order valence-electron chi connectivity index (χ1n) is 9.94. The van der Waals surface area contributed by atoms with Gasteiger partial charge in [0.1, 0.15) is 0 Å². The molecule has 3 aromatic rings. The zero-order valence-corrected chi connectivity index (χ0v) is 17.6. The molecule has 7 nitrogen and oxygen atoms in total. The van der Waals surface area contributed by atoms with Gasteiger partial charge in [-0.25, -0.2) is 0 Å². The van der Waals surface area contributed by atoms with E-state index < -0.39 is 0 Å². The van der Waals surface area contributed by atoms with Crippen molar-refractivity contribution in [1.29, 1.82) is 0 Å². The third-order valence-corrected chi connectivity index (χ3v) is 6.24. The monoisotopic (exact) mass is 429 g/mol. The van der Waals surface area contributed by atoms with Crippen molar-refractivity contribution in [3.05, 3.63) is 51.3 Å². The average Bonchev–Trinajstić information content (AvgIpc) is 3.15. The van der Waals surface area contributed by atoms with Crippen molar-refractivity contribution in [2.24, 2.45) is 0 Å². The Morgan fingerprint density at radius 2 is 1.90 bits per heavy atom. The zero-order valence-electron chi connectivity index (χ0n) is 16.8. The summed E-state index contributed by atoms with van der Waals surface area (Å²) in [6.07, 6.45) is 0.506. The average molecular weight is 430 g/mol. The van der Waals surface area contributed by atoms with Gasteiger partial charge in [0.25, 0.3) is 11.5 Å². The first kappa shape index (κ1) is 20.5. The molecule has 1 amide bonds.